The van der Waals surface area contributed by atoms with Crippen molar-refractivity contribution >= 4 is 29.5 Å². The van der Waals surface area contributed by atoms with Crippen LogP contribution in [-0.2, 0) is 19.1 Å². The summed E-state index contributed by atoms with van der Waals surface area (Å²) < 4.78 is 10.2. The summed E-state index contributed by atoms with van der Waals surface area (Å²) in [6.07, 6.45) is 2.86. The maximum Gasteiger partial charge on any atom is 0.327 e. The normalized spacial score (nSPS) is 19.0. The molecule has 1 N–H and O–H groups in total. The Balaban J connectivity index is 1.57. The van der Waals surface area contributed by atoms with Gasteiger partial charge in [-0.25, -0.2) is 4.79 Å². The molecule has 162 valence electrons. The largest absolute Gasteiger partial charge is 0.497 e. The molecule has 30 heavy (non-hydrogen) atoms. The highest BCUT2D eigenvalue weighted by Crippen LogP contribution is 2.39. The van der Waals surface area contributed by atoms with Crippen LogP contribution in [0, 0.1) is 0 Å². The Labute approximate surface area is 175 Å². The Morgan fingerprint density at radius 2 is 1.77 bits per heavy atom. The van der Waals surface area contributed by atoms with Crippen LogP contribution >= 0.6 is 0 Å². The van der Waals surface area contributed by atoms with Crippen molar-refractivity contribution in [1.82, 2.24) is 9.80 Å². The molecule has 1 aliphatic heterocycles. The zero-order valence-corrected chi connectivity index (χ0v) is 17.5. The summed E-state index contributed by atoms with van der Waals surface area (Å²) in [6, 6.07) is 6.19. The Hall–Kier alpha value is -3.10. The van der Waals surface area contributed by atoms with E-state index in [4.69, 9.17) is 9.47 Å². The van der Waals surface area contributed by atoms with E-state index in [1.54, 1.807) is 38.4 Å². The zero-order chi connectivity index (χ0) is 21.9. The minimum absolute atomic E-state index is 0.359. The fraction of sp³-hybridized carbons (Fsp3) is 0.524. The van der Waals surface area contributed by atoms with Gasteiger partial charge in [0.15, 0.2) is 6.10 Å². The number of anilines is 1. The molecule has 0 unspecified atom stereocenters. The lowest BCUT2D eigenvalue weighted by molar-refractivity contribution is -0.155. The van der Waals surface area contributed by atoms with E-state index in [9.17, 15) is 19.2 Å². The summed E-state index contributed by atoms with van der Waals surface area (Å²) in [5, 5.41) is 2.64. The number of likely N-dealkylation sites (N-methyl/N-ethyl adjacent to an activating group) is 1. The van der Waals surface area contributed by atoms with Crippen molar-refractivity contribution in [3.05, 3.63) is 24.3 Å². The van der Waals surface area contributed by atoms with Crippen LogP contribution in [0.1, 0.15) is 39.0 Å². The van der Waals surface area contributed by atoms with E-state index in [0.717, 1.165) is 24.2 Å². The molecule has 4 amide bonds. The van der Waals surface area contributed by atoms with Crippen molar-refractivity contribution in [2.45, 2.75) is 50.7 Å². The summed E-state index contributed by atoms with van der Waals surface area (Å²) in [4.78, 5) is 52.5. The van der Waals surface area contributed by atoms with Crippen LogP contribution in [-0.4, -0.2) is 66.0 Å². The number of methoxy groups -OCH3 is 1. The molecular weight excluding hydrogens is 390 g/mol. The lowest BCUT2D eigenvalue weighted by atomic mass is 9.81. The molecule has 1 atom stereocenters. The first-order chi connectivity index (χ1) is 14.3. The third-order valence-electron chi connectivity index (χ3n) is 5.81. The Morgan fingerprint density at radius 1 is 1.13 bits per heavy atom. The molecule has 3 rings (SSSR count). The van der Waals surface area contributed by atoms with Crippen molar-refractivity contribution in [2.75, 3.05) is 26.0 Å². The van der Waals surface area contributed by atoms with E-state index in [2.05, 4.69) is 5.32 Å². The molecular formula is C21H27N3O6. The SMILES string of the molecule is COc1ccc(NC(=O)[C@H](C)OC(=O)CN2C(=O)N(C)C3(CCCCC3)C2=O)cc1. The highest BCUT2D eigenvalue weighted by atomic mass is 16.5. The average Bonchev–Trinajstić information content (AvgIpc) is 2.91. The fourth-order valence-electron chi connectivity index (χ4n) is 4.01. The van der Waals surface area contributed by atoms with Crippen molar-refractivity contribution < 1.29 is 28.7 Å². The second-order valence-electron chi connectivity index (χ2n) is 7.67. The number of hydrogen-bond donors (Lipinski definition) is 1. The number of nitrogens with zero attached hydrogens (tertiary/aromatic N) is 2. The molecule has 1 spiro atoms. The second kappa shape index (κ2) is 8.73. The predicted molar refractivity (Wildman–Crippen MR) is 108 cm³/mol. The van der Waals surface area contributed by atoms with Crippen molar-refractivity contribution in [2.24, 2.45) is 0 Å². The molecule has 0 bridgehead atoms. The van der Waals surface area contributed by atoms with E-state index in [-0.39, 0.29) is 5.91 Å². The van der Waals surface area contributed by atoms with Gasteiger partial charge >= 0.3 is 12.0 Å². The summed E-state index contributed by atoms with van der Waals surface area (Å²) in [6.45, 7) is 0.920. The first-order valence-electron chi connectivity index (χ1n) is 10.0. The molecule has 9 heteroatoms. The quantitative estimate of drug-likeness (QED) is 0.562. The van der Waals surface area contributed by atoms with Gasteiger partial charge in [-0.3, -0.25) is 19.3 Å². The molecule has 2 fully saturated rings. The first kappa shape index (κ1) is 21.6. The van der Waals surface area contributed by atoms with Crippen molar-refractivity contribution in [3.63, 3.8) is 0 Å². The number of urea groups is 1. The second-order valence-corrected chi connectivity index (χ2v) is 7.67. The monoisotopic (exact) mass is 417 g/mol. The Kier molecular flexibility index (Phi) is 6.28. The average molecular weight is 417 g/mol. The molecule has 1 aromatic rings. The van der Waals surface area contributed by atoms with Gasteiger partial charge in [0.25, 0.3) is 11.8 Å². The smallest absolute Gasteiger partial charge is 0.327 e. The van der Waals surface area contributed by atoms with Crippen molar-refractivity contribution in [1.29, 1.82) is 0 Å². The molecule has 1 saturated carbocycles. The maximum atomic E-state index is 12.9. The van der Waals surface area contributed by atoms with E-state index in [0.29, 0.717) is 24.3 Å². The van der Waals surface area contributed by atoms with Crippen molar-refractivity contribution in [3.8, 4) is 5.75 Å². The minimum Gasteiger partial charge on any atom is -0.497 e. The molecule has 0 radical (unpaired) electrons. The topological polar surface area (TPSA) is 105 Å². The van der Waals surface area contributed by atoms with Gasteiger partial charge in [-0.1, -0.05) is 19.3 Å². The van der Waals surface area contributed by atoms with Gasteiger partial charge in [0.1, 0.15) is 17.8 Å². The van der Waals surface area contributed by atoms with Gasteiger partial charge < -0.3 is 19.7 Å². The van der Waals surface area contributed by atoms with Crippen LogP contribution in [0.5, 0.6) is 5.75 Å². The summed E-state index contributed by atoms with van der Waals surface area (Å²) in [5.74, 6) is -1.04. The van der Waals surface area contributed by atoms with E-state index in [1.807, 2.05) is 0 Å². The molecule has 2 aliphatic rings. The van der Waals surface area contributed by atoms with E-state index >= 15 is 0 Å². The zero-order valence-electron chi connectivity index (χ0n) is 17.5. The molecule has 1 saturated heterocycles. The highest BCUT2D eigenvalue weighted by Gasteiger charge is 2.56. The standard InChI is InChI=1S/C21H27N3O6/c1-14(18(26)22-15-7-9-16(29-3)10-8-15)30-17(25)13-24-19(27)21(23(2)20(24)28)11-5-4-6-12-21/h7-10,14H,4-6,11-13H2,1-3H3,(H,22,26)/t14-/m0/s1. The number of esters is 1. The van der Waals surface area contributed by atoms with Crippen LogP contribution in [0.3, 0.4) is 0 Å². The van der Waals surface area contributed by atoms with Crippen LogP contribution in [0.15, 0.2) is 24.3 Å². The number of benzene rings is 1. The summed E-state index contributed by atoms with van der Waals surface area (Å²) in [5.41, 5.74) is -0.332. The fourth-order valence-corrected chi connectivity index (χ4v) is 4.01. The highest BCUT2D eigenvalue weighted by molar-refractivity contribution is 6.08. The first-order valence-corrected chi connectivity index (χ1v) is 10.0. The van der Waals surface area contributed by atoms with E-state index in [1.165, 1.54) is 11.8 Å². The van der Waals surface area contributed by atoms with Crippen LogP contribution in [0.25, 0.3) is 0 Å². The van der Waals surface area contributed by atoms with Gasteiger partial charge in [0.05, 0.1) is 7.11 Å². The molecule has 1 aromatic carbocycles. The molecule has 1 heterocycles. The third kappa shape index (κ3) is 4.10. The number of rotatable bonds is 6. The Morgan fingerprint density at radius 3 is 2.37 bits per heavy atom. The number of carbonyl (C=O) groups is 4. The number of amides is 4. The lowest BCUT2D eigenvalue weighted by Crippen LogP contribution is -2.49. The van der Waals surface area contributed by atoms with Crippen LogP contribution in [0.4, 0.5) is 10.5 Å². The van der Waals surface area contributed by atoms with Gasteiger partial charge in [0.2, 0.25) is 0 Å². The summed E-state index contributed by atoms with van der Waals surface area (Å²) in [7, 11) is 3.14. The Bertz CT molecular complexity index is 832. The number of imide groups is 1. The van der Waals surface area contributed by atoms with Gasteiger partial charge in [-0.05, 0) is 44.0 Å². The predicted octanol–water partition coefficient (Wildman–Crippen LogP) is 2.16. The van der Waals surface area contributed by atoms with Gasteiger partial charge in [-0.15, -0.1) is 0 Å². The van der Waals surface area contributed by atoms with Crippen LogP contribution < -0.4 is 10.1 Å². The summed E-state index contributed by atoms with van der Waals surface area (Å²) >= 11 is 0. The van der Waals surface area contributed by atoms with E-state index < -0.39 is 36.1 Å². The van der Waals surface area contributed by atoms with Crippen LogP contribution in [0.2, 0.25) is 0 Å². The number of hydrogen-bond acceptors (Lipinski definition) is 6. The maximum absolute atomic E-state index is 12.9. The number of nitrogens with one attached hydrogen (secondary N) is 1. The van der Waals surface area contributed by atoms with Gasteiger partial charge in [0, 0.05) is 12.7 Å². The molecule has 0 aromatic heterocycles. The lowest BCUT2D eigenvalue weighted by Gasteiger charge is -2.35. The number of carbonyl (C=O) groups excluding carboxylic acids is 4. The minimum atomic E-state index is -1.09. The number of ether oxygens (including phenoxy) is 2. The third-order valence-corrected chi connectivity index (χ3v) is 5.81. The van der Waals surface area contributed by atoms with Gasteiger partial charge in [-0.2, -0.15) is 0 Å². The molecule has 1 aliphatic carbocycles. The molecule has 9 nitrogen and oxygen atoms in total.